The van der Waals surface area contributed by atoms with Crippen LogP contribution in [0.1, 0.15) is 16.8 Å². The number of rotatable bonds is 8. The van der Waals surface area contributed by atoms with Gasteiger partial charge in [0.2, 0.25) is 5.91 Å². The first-order valence-electron chi connectivity index (χ1n) is 10.2. The van der Waals surface area contributed by atoms with Gasteiger partial charge in [-0.25, -0.2) is 0 Å². The third kappa shape index (κ3) is 5.76. The Labute approximate surface area is 181 Å². The van der Waals surface area contributed by atoms with Gasteiger partial charge < -0.3 is 10.1 Å². The van der Waals surface area contributed by atoms with Gasteiger partial charge in [-0.15, -0.1) is 0 Å². The molecule has 0 aliphatic heterocycles. The van der Waals surface area contributed by atoms with Crippen LogP contribution in [-0.4, -0.2) is 22.4 Å². The number of pyridine rings is 2. The van der Waals surface area contributed by atoms with Crippen LogP contribution in [0.5, 0.6) is 5.75 Å². The Bertz CT molecular complexity index is 1170. The van der Waals surface area contributed by atoms with Gasteiger partial charge in [-0.1, -0.05) is 42.5 Å². The van der Waals surface area contributed by atoms with Gasteiger partial charge in [0.1, 0.15) is 12.4 Å². The molecule has 0 aliphatic carbocycles. The van der Waals surface area contributed by atoms with Crippen molar-refractivity contribution in [2.24, 2.45) is 0 Å². The van der Waals surface area contributed by atoms with Crippen molar-refractivity contribution in [1.82, 2.24) is 15.3 Å². The topological polar surface area (TPSA) is 64.1 Å². The van der Waals surface area contributed by atoms with Gasteiger partial charge in [0, 0.05) is 30.4 Å². The molecule has 2 aromatic heterocycles. The van der Waals surface area contributed by atoms with Crippen molar-refractivity contribution in [3.05, 3.63) is 108 Å². The second kappa shape index (κ2) is 10.2. The smallest absolute Gasteiger partial charge is 0.244 e. The largest absolute Gasteiger partial charge is 0.487 e. The van der Waals surface area contributed by atoms with Crippen molar-refractivity contribution < 1.29 is 9.53 Å². The molecule has 31 heavy (non-hydrogen) atoms. The summed E-state index contributed by atoms with van der Waals surface area (Å²) < 4.78 is 5.73. The first-order valence-corrected chi connectivity index (χ1v) is 10.2. The first-order chi connectivity index (χ1) is 15.3. The summed E-state index contributed by atoms with van der Waals surface area (Å²) in [6.07, 6.45) is 7.61. The lowest BCUT2D eigenvalue weighted by Crippen LogP contribution is -2.23. The van der Waals surface area contributed by atoms with Crippen LogP contribution in [0.25, 0.3) is 17.0 Å². The van der Waals surface area contributed by atoms with E-state index in [9.17, 15) is 4.79 Å². The Kier molecular flexibility index (Phi) is 6.65. The molecule has 0 radical (unpaired) electrons. The van der Waals surface area contributed by atoms with Crippen LogP contribution in [-0.2, 0) is 17.8 Å². The number of aromatic nitrogens is 2. The highest BCUT2D eigenvalue weighted by molar-refractivity contribution is 5.91. The number of hydrogen-bond acceptors (Lipinski definition) is 4. The highest BCUT2D eigenvalue weighted by Crippen LogP contribution is 2.16. The molecule has 0 saturated heterocycles. The van der Waals surface area contributed by atoms with Gasteiger partial charge >= 0.3 is 0 Å². The van der Waals surface area contributed by atoms with Gasteiger partial charge in [-0.05, 0) is 54.0 Å². The number of carbonyl (C=O) groups is 1. The van der Waals surface area contributed by atoms with Crippen LogP contribution in [0.3, 0.4) is 0 Å². The van der Waals surface area contributed by atoms with Gasteiger partial charge in [0.15, 0.2) is 0 Å². The van der Waals surface area contributed by atoms with Crippen molar-refractivity contribution in [3.8, 4) is 5.75 Å². The van der Waals surface area contributed by atoms with Crippen molar-refractivity contribution >= 4 is 22.9 Å². The molecule has 1 N–H and O–H groups in total. The van der Waals surface area contributed by atoms with E-state index in [0.29, 0.717) is 13.2 Å². The molecule has 1 amide bonds. The Hall–Kier alpha value is -3.99. The Morgan fingerprint density at radius 1 is 0.903 bits per heavy atom. The van der Waals surface area contributed by atoms with Crippen LogP contribution >= 0.6 is 0 Å². The fourth-order valence-corrected chi connectivity index (χ4v) is 3.24. The Morgan fingerprint density at radius 3 is 2.58 bits per heavy atom. The number of nitrogens with zero attached hydrogens (tertiary/aromatic N) is 2. The quantitative estimate of drug-likeness (QED) is 0.433. The number of benzene rings is 2. The minimum Gasteiger partial charge on any atom is -0.487 e. The van der Waals surface area contributed by atoms with E-state index in [0.717, 1.165) is 39.9 Å². The number of hydrogen-bond donors (Lipinski definition) is 1. The molecule has 5 heteroatoms. The minimum atomic E-state index is -0.122. The average Bonchev–Trinajstić information content (AvgIpc) is 2.83. The molecule has 0 spiro atoms. The van der Waals surface area contributed by atoms with E-state index in [1.807, 2.05) is 66.7 Å². The second-order valence-corrected chi connectivity index (χ2v) is 7.05. The summed E-state index contributed by atoms with van der Waals surface area (Å²) in [6, 6.07) is 23.4. The van der Waals surface area contributed by atoms with Gasteiger partial charge in [0.05, 0.1) is 11.2 Å². The maximum absolute atomic E-state index is 12.2. The molecule has 2 aromatic carbocycles. The molecule has 4 aromatic rings. The van der Waals surface area contributed by atoms with E-state index in [1.165, 1.54) is 0 Å². The fourth-order valence-electron chi connectivity index (χ4n) is 3.24. The van der Waals surface area contributed by atoms with E-state index in [2.05, 4.69) is 21.4 Å². The van der Waals surface area contributed by atoms with Crippen LogP contribution in [0, 0.1) is 0 Å². The lowest BCUT2D eigenvalue weighted by atomic mass is 10.1. The van der Waals surface area contributed by atoms with E-state index in [-0.39, 0.29) is 5.91 Å². The SMILES string of the molecule is O=C(/C=C/c1ccc(OCc2ccccn2)cc1)NCCc1cccc2cccnc12. The van der Waals surface area contributed by atoms with E-state index >= 15 is 0 Å². The number of carbonyl (C=O) groups excluding carboxylic acids is 1. The molecule has 154 valence electrons. The standard InChI is InChI=1S/C26H23N3O2/c30-25(28-18-15-22-6-3-5-21-7-4-17-29-26(21)22)14-11-20-9-12-24(13-10-20)31-19-23-8-1-2-16-27-23/h1-14,16-17H,15,18-19H2,(H,28,30)/b14-11+. The van der Waals surface area contributed by atoms with Crippen LogP contribution in [0.15, 0.2) is 91.3 Å². The van der Waals surface area contributed by atoms with Gasteiger partial charge in [-0.3, -0.25) is 14.8 Å². The molecule has 5 nitrogen and oxygen atoms in total. The Balaban J connectivity index is 1.25. The summed E-state index contributed by atoms with van der Waals surface area (Å²) in [6.45, 7) is 0.976. The summed E-state index contributed by atoms with van der Waals surface area (Å²) in [4.78, 5) is 20.8. The molecule has 4 rings (SSSR count). The van der Waals surface area contributed by atoms with Crippen LogP contribution in [0.4, 0.5) is 0 Å². The highest BCUT2D eigenvalue weighted by Gasteiger charge is 2.03. The molecular formula is C26H23N3O2. The summed E-state index contributed by atoms with van der Waals surface area (Å²) in [5.41, 5.74) is 3.92. The number of para-hydroxylation sites is 1. The minimum absolute atomic E-state index is 0.122. The molecule has 0 bridgehead atoms. The summed E-state index contributed by atoms with van der Waals surface area (Å²) in [5, 5.41) is 4.04. The third-order valence-electron chi connectivity index (χ3n) is 4.83. The summed E-state index contributed by atoms with van der Waals surface area (Å²) in [7, 11) is 0. The number of fused-ring (bicyclic) bond motifs is 1. The summed E-state index contributed by atoms with van der Waals surface area (Å²) >= 11 is 0. The lowest BCUT2D eigenvalue weighted by molar-refractivity contribution is -0.116. The maximum atomic E-state index is 12.2. The third-order valence-corrected chi connectivity index (χ3v) is 4.83. The predicted molar refractivity (Wildman–Crippen MR) is 123 cm³/mol. The van der Waals surface area contributed by atoms with E-state index < -0.39 is 0 Å². The van der Waals surface area contributed by atoms with Crippen molar-refractivity contribution in [3.63, 3.8) is 0 Å². The van der Waals surface area contributed by atoms with Crippen molar-refractivity contribution in [2.45, 2.75) is 13.0 Å². The second-order valence-electron chi connectivity index (χ2n) is 7.05. The van der Waals surface area contributed by atoms with Gasteiger partial charge in [0.25, 0.3) is 0 Å². The van der Waals surface area contributed by atoms with Crippen LogP contribution < -0.4 is 10.1 Å². The zero-order valence-electron chi connectivity index (χ0n) is 17.1. The number of nitrogens with one attached hydrogen (secondary N) is 1. The lowest BCUT2D eigenvalue weighted by Gasteiger charge is -2.06. The average molecular weight is 409 g/mol. The Morgan fingerprint density at radius 2 is 1.74 bits per heavy atom. The molecule has 2 heterocycles. The zero-order chi connectivity index (χ0) is 21.3. The fraction of sp³-hybridized carbons (Fsp3) is 0.115. The molecule has 0 atom stereocenters. The molecular weight excluding hydrogens is 386 g/mol. The van der Waals surface area contributed by atoms with Crippen LogP contribution in [0.2, 0.25) is 0 Å². The molecule has 0 aliphatic rings. The van der Waals surface area contributed by atoms with E-state index in [1.54, 1.807) is 24.5 Å². The summed E-state index contributed by atoms with van der Waals surface area (Å²) in [5.74, 6) is 0.639. The van der Waals surface area contributed by atoms with Crippen molar-refractivity contribution in [2.75, 3.05) is 6.54 Å². The molecule has 0 saturated carbocycles. The van der Waals surface area contributed by atoms with Crippen molar-refractivity contribution in [1.29, 1.82) is 0 Å². The maximum Gasteiger partial charge on any atom is 0.244 e. The normalized spacial score (nSPS) is 11.0. The highest BCUT2D eigenvalue weighted by atomic mass is 16.5. The van der Waals surface area contributed by atoms with E-state index in [4.69, 9.17) is 4.74 Å². The number of amides is 1. The molecule has 0 fully saturated rings. The van der Waals surface area contributed by atoms with Gasteiger partial charge in [-0.2, -0.15) is 0 Å². The first kappa shape index (κ1) is 20.3. The predicted octanol–water partition coefficient (Wildman–Crippen LogP) is 4.58. The monoisotopic (exact) mass is 409 g/mol. The zero-order valence-corrected chi connectivity index (χ0v) is 17.1. The molecule has 0 unspecified atom stereocenters. The number of ether oxygens (including phenoxy) is 1.